The van der Waals surface area contributed by atoms with Crippen LogP contribution in [0.3, 0.4) is 0 Å². The molecular weight excluding hydrogens is 474 g/mol. The highest BCUT2D eigenvalue weighted by Crippen LogP contribution is 2.37. The third-order valence-electron chi connectivity index (χ3n) is 4.35. The summed E-state index contributed by atoms with van der Waals surface area (Å²) in [5.74, 6) is -2.52. The molecule has 9 heteroatoms. The highest BCUT2D eigenvalue weighted by Gasteiger charge is 2.27. The van der Waals surface area contributed by atoms with E-state index in [4.69, 9.17) is 21.1 Å². The number of carbonyl (C=O) groups excluding carboxylic acids is 1. The number of carbonyl (C=O) groups is 1. The van der Waals surface area contributed by atoms with Crippen LogP contribution >= 0.6 is 11.6 Å². The lowest BCUT2D eigenvalue weighted by Crippen LogP contribution is -2.27. The summed E-state index contributed by atoms with van der Waals surface area (Å²) in [4.78, 5) is 11.1. The highest BCUT2D eigenvalue weighted by atomic mass is 35.5. The van der Waals surface area contributed by atoms with Crippen LogP contribution in [0.25, 0.3) is 11.1 Å². The molecule has 3 aromatic carbocycles. The fourth-order valence-electron chi connectivity index (χ4n) is 3.03. The van der Waals surface area contributed by atoms with Gasteiger partial charge < -0.3 is 9.47 Å². The molecule has 0 aliphatic rings. The van der Waals surface area contributed by atoms with Crippen molar-refractivity contribution < 1.29 is 31.5 Å². The quantitative estimate of drug-likeness (QED) is 0.403. The third kappa shape index (κ3) is 5.89. The van der Waals surface area contributed by atoms with E-state index < -0.39 is 44.5 Å². The van der Waals surface area contributed by atoms with Gasteiger partial charge in [-0.05, 0) is 56.7 Å². The first kappa shape index (κ1) is 24.7. The number of ether oxygens (including phenoxy) is 2. The number of esters is 1. The molecule has 3 rings (SSSR count). The van der Waals surface area contributed by atoms with Crippen LogP contribution in [0, 0.1) is 11.6 Å². The zero-order valence-corrected chi connectivity index (χ0v) is 19.6. The maximum atomic E-state index is 15.1. The summed E-state index contributed by atoms with van der Waals surface area (Å²) < 4.78 is 65.9. The first-order chi connectivity index (χ1) is 15.4. The summed E-state index contributed by atoms with van der Waals surface area (Å²) in [6, 6.07) is 12.7. The van der Waals surface area contributed by atoms with Gasteiger partial charge in [-0.1, -0.05) is 35.9 Å². The molecule has 0 aliphatic carbocycles. The smallest absolute Gasteiger partial charge is 0.344 e. The Hall–Kier alpha value is -2.97. The van der Waals surface area contributed by atoms with Crippen molar-refractivity contribution in [2.75, 3.05) is 6.61 Å². The number of benzene rings is 3. The molecular formula is C24H21ClF2O5S. The first-order valence-corrected chi connectivity index (χ1v) is 11.7. The Bertz CT molecular complexity index is 1300. The summed E-state index contributed by atoms with van der Waals surface area (Å²) in [7, 11) is -4.37. The number of rotatable bonds is 6. The summed E-state index contributed by atoms with van der Waals surface area (Å²) in [6.07, 6.45) is 0. The number of hydrogen-bond acceptors (Lipinski definition) is 5. The molecule has 5 nitrogen and oxygen atoms in total. The summed E-state index contributed by atoms with van der Waals surface area (Å²) in [5, 5.41) is -0.0812. The normalized spacial score (nSPS) is 11.8. The Labute approximate surface area is 195 Å². The Balaban J connectivity index is 2.11. The van der Waals surface area contributed by atoms with E-state index in [9.17, 15) is 17.6 Å². The van der Waals surface area contributed by atoms with Crippen LogP contribution in [0.1, 0.15) is 20.8 Å². The Morgan fingerprint density at radius 3 is 2.30 bits per heavy atom. The van der Waals surface area contributed by atoms with Crippen molar-refractivity contribution in [1.82, 2.24) is 0 Å². The van der Waals surface area contributed by atoms with E-state index >= 15 is 4.39 Å². The fourth-order valence-corrected chi connectivity index (χ4v) is 4.87. The summed E-state index contributed by atoms with van der Waals surface area (Å²) >= 11 is 6.02. The topological polar surface area (TPSA) is 69.7 Å². The number of halogens is 3. The second-order valence-electron chi connectivity index (χ2n) is 8.10. The van der Waals surface area contributed by atoms with Crippen molar-refractivity contribution in [2.24, 2.45) is 0 Å². The van der Waals surface area contributed by atoms with E-state index in [1.165, 1.54) is 36.4 Å². The minimum atomic E-state index is -4.37. The van der Waals surface area contributed by atoms with Crippen molar-refractivity contribution in [2.45, 2.75) is 36.2 Å². The van der Waals surface area contributed by atoms with Crippen LogP contribution in [-0.2, 0) is 19.4 Å². The van der Waals surface area contributed by atoms with Gasteiger partial charge in [0.15, 0.2) is 6.61 Å². The molecule has 0 N–H and O–H groups in total. The lowest BCUT2D eigenvalue weighted by Gasteiger charge is -2.20. The van der Waals surface area contributed by atoms with Gasteiger partial charge in [-0.3, -0.25) is 0 Å². The Morgan fingerprint density at radius 2 is 1.67 bits per heavy atom. The van der Waals surface area contributed by atoms with Crippen LogP contribution in [-0.4, -0.2) is 26.6 Å². The van der Waals surface area contributed by atoms with Crippen LogP contribution < -0.4 is 4.74 Å². The Kier molecular flexibility index (Phi) is 7.09. The van der Waals surface area contributed by atoms with Crippen molar-refractivity contribution in [3.05, 3.63) is 77.3 Å². The molecule has 3 aromatic rings. The lowest BCUT2D eigenvalue weighted by atomic mass is 10.0. The predicted molar refractivity (Wildman–Crippen MR) is 120 cm³/mol. The van der Waals surface area contributed by atoms with Crippen LogP contribution in [0.4, 0.5) is 8.78 Å². The van der Waals surface area contributed by atoms with Gasteiger partial charge >= 0.3 is 5.97 Å². The van der Waals surface area contributed by atoms with Gasteiger partial charge in [0.25, 0.3) is 0 Å². The third-order valence-corrected chi connectivity index (χ3v) is 6.62. The Morgan fingerprint density at radius 1 is 0.970 bits per heavy atom. The van der Waals surface area contributed by atoms with Gasteiger partial charge in [-0.2, -0.15) is 0 Å². The van der Waals surface area contributed by atoms with Gasteiger partial charge in [0.05, 0.1) is 9.92 Å². The zero-order chi connectivity index (χ0) is 24.4. The van der Waals surface area contributed by atoms with E-state index in [0.717, 1.165) is 18.2 Å². The molecule has 0 spiro atoms. The second-order valence-corrected chi connectivity index (χ2v) is 10.4. The number of hydrogen-bond donors (Lipinski definition) is 0. The zero-order valence-electron chi connectivity index (χ0n) is 18.1. The fraction of sp³-hybridized carbons (Fsp3) is 0.208. The van der Waals surface area contributed by atoms with Crippen LogP contribution in [0.2, 0.25) is 5.02 Å². The average Bonchev–Trinajstić information content (AvgIpc) is 2.71. The predicted octanol–water partition coefficient (Wildman–Crippen LogP) is 5.84. The maximum absolute atomic E-state index is 15.1. The van der Waals surface area contributed by atoms with Crippen LogP contribution in [0.5, 0.6) is 5.75 Å². The van der Waals surface area contributed by atoms with E-state index in [1.807, 2.05) is 0 Å². The second kappa shape index (κ2) is 9.49. The molecule has 0 saturated heterocycles. The van der Waals surface area contributed by atoms with Gasteiger partial charge in [-0.15, -0.1) is 0 Å². The maximum Gasteiger partial charge on any atom is 0.344 e. The van der Waals surface area contributed by atoms with Crippen molar-refractivity contribution in [3.8, 4) is 16.9 Å². The molecule has 0 unspecified atom stereocenters. The first-order valence-electron chi connectivity index (χ1n) is 9.82. The average molecular weight is 495 g/mol. The molecule has 174 valence electrons. The SMILES string of the molecule is CC(C)(C)OC(=O)COc1cc(S(=O)(=O)c2ccccc2Cl)c(F)cc1-c1cccc(F)c1. The van der Waals surface area contributed by atoms with Crippen LogP contribution in [0.15, 0.2) is 70.5 Å². The summed E-state index contributed by atoms with van der Waals surface area (Å²) in [6.45, 7) is 4.45. The molecule has 0 atom stereocenters. The lowest BCUT2D eigenvalue weighted by molar-refractivity contribution is -0.157. The van der Waals surface area contributed by atoms with E-state index in [-0.39, 0.29) is 26.8 Å². The standard InChI is InChI=1S/C24H21ClF2O5S/c1-24(2,3)32-23(28)14-31-20-13-22(33(29,30)21-10-5-4-9-18(21)25)19(27)12-17(20)15-7-6-8-16(26)11-15/h4-13H,14H2,1-3H3. The monoisotopic (exact) mass is 494 g/mol. The highest BCUT2D eigenvalue weighted by molar-refractivity contribution is 7.91. The van der Waals surface area contributed by atoms with Gasteiger partial charge in [0, 0.05) is 11.6 Å². The van der Waals surface area contributed by atoms with E-state index in [0.29, 0.717) is 0 Å². The minimum Gasteiger partial charge on any atom is -0.481 e. The molecule has 0 aliphatic heterocycles. The molecule has 0 heterocycles. The molecule has 0 saturated carbocycles. The molecule has 0 radical (unpaired) electrons. The molecule has 0 aromatic heterocycles. The van der Waals surface area contributed by atoms with Crippen molar-refractivity contribution in [1.29, 1.82) is 0 Å². The van der Waals surface area contributed by atoms with Crippen molar-refractivity contribution >= 4 is 27.4 Å². The van der Waals surface area contributed by atoms with Gasteiger partial charge in [0.2, 0.25) is 9.84 Å². The van der Waals surface area contributed by atoms with E-state index in [1.54, 1.807) is 26.8 Å². The van der Waals surface area contributed by atoms with Gasteiger partial charge in [-0.25, -0.2) is 22.0 Å². The van der Waals surface area contributed by atoms with Gasteiger partial charge in [0.1, 0.15) is 27.9 Å². The largest absolute Gasteiger partial charge is 0.481 e. The van der Waals surface area contributed by atoms with Crippen molar-refractivity contribution in [3.63, 3.8) is 0 Å². The summed E-state index contributed by atoms with van der Waals surface area (Å²) in [5.41, 5.74) is -0.476. The number of sulfone groups is 1. The van der Waals surface area contributed by atoms with E-state index in [2.05, 4.69) is 0 Å². The molecule has 0 bridgehead atoms. The molecule has 0 fully saturated rings. The minimum absolute atomic E-state index is 0.0636. The molecule has 0 amide bonds. The molecule has 33 heavy (non-hydrogen) atoms.